The summed E-state index contributed by atoms with van der Waals surface area (Å²) in [6.07, 6.45) is 5.50. The highest BCUT2D eigenvalue weighted by Gasteiger charge is 2.30. The molecule has 0 saturated carbocycles. The molecular formula is C26H47N3O3. The SMILES string of the molecule is CCC/C(=C\C=C(/N)N1[C@H](C)CN(CCOCC(=O)C(C)(C)C)C[C@@H]1C)C(=O)C(C)(C)C. The average molecular weight is 450 g/mol. The van der Waals surface area contributed by atoms with Gasteiger partial charge in [-0.1, -0.05) is 61.0 Å². The summed E-state index contributed by atoms with van der Waals surface area (Å²) >= 11 is 0. The van der Waals surface area contributed by atoms with Crippen LogP contribution in [0.2, 0.25) is 0 Å². The van der Waals surface area contributed by atoms with E-state index in [0.717, 1.165) is 38.0 Å². The molecule has 0 unspecified atom stereocenters. The van der Waals surface area contributed by atoms with E-state index >= 15 is 0 Å². The van der Waals surface area contributed by atoms with Crippen LogP contribution in [0, 0.1) is 10.8 Å². The quantitative estimate of drug-likeness (QED) is 0.307. The van der Waals surface area contributed by atoms with E-state index in [1.807, 2.05) is 53.7 Å². The van der Waals surface area contributed by atoms with Crippen molar-refractivity contribution < 1.29 is 14.3 Å². The van der Waals surface area contributed by atoms with E-state index in [1.54, 1.807) is 0 Å². The standard InChI is InChI=1S/C26H47N3O3/c1-10-11-21(24(31)26(7,8)9)12-13-23(27)29-19(2)16-28(17-20(29)3)14-15-32-18-22(30)25(4,5)6/h12-13,19-20H,10-11,14-18,27H2,1-9H3/b21-12+,23-13+/t19-,20+. The minimum atomic E-state index is -0.393. The maximum Gasteiger partial charge on any atom is 0.164 e. The van der Waals surface area contributed by atoms with Crippen molar-refractivity contribution in [2.24, 2.45) is 16.6 Å². The van der Waals surface area contributed by atoms with Gasteiger partial charge >= 0.3 is 0 Å². The van der Waals surface area contributed by atoms with Gasteiger partial charge in [-0.25, -0.2) is 0 Å². The molecule has 0 aromatic carbocycles. The number of hydrogen-bond donors (Lipinski definition) is 1. The molecule has 0 aromatic rings. The molecule has 6 nitrogen and oxygen atoms in total. The average Bonchev–Trinajstić information content (AvgIpc) is 2.65. The van der Waals surface area contributed by atoms with E-state index < -0.39 is 5.41 Å². The molecule has 32 heavy (non-hydrogen) atoms. The molecule has 1 rings (SSSR count). The van der Waals surface area contributed by atoms with Crippen LogP contribution in [0.1, 0.15) is 75.2 Å². The molecule has 1 aliphatic heterocycles. The summed E-state index contributed by atoms with van der Waals surface area (Å²) in [4.78, 5) is 29.3. The summed E-state index contributed by atoms with van der Waals surface area (Å²) in [5, 5.41) is 0. The summed E-state index contributed by atoms with van der Waals surface area (Å²) in [6, 6.07) is 0.486. The molecule has 0 radical (unpaired) electrons. The Kier molecular flexibility index (Phi) is 10.6. The van der Waals surface area contributed by atoms with Gasteiger partial charge in [0.05, 0.1) is 12.4 Å². The summed E-state index contributed by atoms with van der Waals surface area (Å²) in [5.41, 5.74) is 6.56. The first kappa shape index (κ1) is 28.4. The van der Waals surface area contributed by atoms with E-state index in [1.165, 1.54) is 0 Å². The minimum absolute atomic E-state index is 0.127. The van der Waals surface area contributed by atoms with E-state index in [9.17, 15) is 9.59 Å². The number of allylic oxidation sites excluding steroid dienone is 3. The van der Waals surface area contributed by atoms with Crippen molar-refractivity contribution in [3.05, 3.63) is 23.5 Å². The third kappa shape index (κ3) is 8.70. The lowest BCUT2D eigenvalue weighted by Gasteiger charge is -2.45. The maximum atomic E-state index is 12.7. The van der Waals surface area contributed by atoms with Crippen LogP contribution in [0.15, 0.2) is 23.5 Å². The molecule has 1 aliphatic rings. The summed E-state index contributed by atoms with van der Waals surface area (Å²) in [6.45, 7) is 21.3. The van der Waals surface area contributed by atoms with Crippen molar-refractivity contribution in [3.63, 3.8) is 0 Å². The van der Waals surface area contributed by atoms with Crippen LogP contribution >= 0.6 is 0 Å². The molecule has 0 spiro atoms. The van der Waals surface area contributed by atoms with Crippen LogP contribution in [0.3, 0.4) is 0 Å². The predicted molar refractivity (Wildman–Crippen MR) is 132 cm³/mol. The Hall–Kier alpha value is -1.66. The normalized spacial score (nSPS) is 21.7. The second kappa shape index (κ2) is 12.0. The number of nitrogens with zero attached hydrogens (tertiary/aromatic N) is 2. The number of ketones is 2. The Labute approximate surface area is 196 Å². The monoisotopic (exact) mass is 449 g/mol. The van der Waals surface area contributed by atoms with Crippen LogP contribution in [0.4, 0.5) is 0 Å². The van der Waals surface area contributed by atoms with Crippen LogP contribution in [-0.2, 0) is 14.3 Å². The Morgan fingerprint density at radius 1 is 1.00 bits per heavy atom. The van der Waals surface area contributed by atoms with Gasteiger partial charge in [0.25, 0.3) is 0 Å². The lowest BCUT2D eigenvalue weighted by Crippen LogP contribution is -2.57. The molecule has 1 saturated heterocycles. The third-order valence-corrected chi connectivity index (χ3v) is 5.86. The Bertz CT molecular complexity index is 686. The number of hydrogen-bond acceptors (Lipinski definition) is 6. The van der Waals surface area contributed by atoms with Gasteiger partial charge < -0.3 is 15.4 Å². The second-order valence-corrected chi connectivity index (χ2v) is 11.2. The van der Waals surface area contributed by atoms with Gasteiger partial charge in [0.1, 0.15) is 6.61 Å². The number of piperazine rings is 1. The van der Waals surface area contributed by atoms with Crippen molar-refractivity contribution in [3.8, 4) is 0 Å². The zero-order valence-corrected chi connectivity index (χ0v) is 22.0. The van der Waals surface area contributed by atoms with Gasteiger partial charge in [0, 0.05) is 42.5 Å². The highest BCUT2D eigenvalue weighted by Crippen LogP contribution is 2.24. The van der Waals surface area contributed by atoms with Gasteiger partial charge in [-0.15, -0.1) is 0 Å². The highest BCUT2D eigenvalue weighted by atomic mass is 16.5. The molecule has 184 valence electrons. The number of carbonyl (C=O) groups excluding carboxylic acids is 2. The van der Waals surface area contributed by atoms with Gasteiger partial charge in [-0.2, -0.15) is 0 Å². The van der Waals surface area contributed by atoms with E-state index in [-0.39, 0.29) is 35.7 Å². The van der Waals surface area contributed by atoms with Crippen LogP contribution in [0.25, 0.3) is 0 Å². The molecule has 0 aromatic heterocycles. The Morgan fingerprint density at radius 3 is 2.03 bits per heavy atom. The predicted octanol–water partition coefficient (Wildman–Crippen LogP) is 4.15. The maximum absolute atomic E-state index is 12.7. The van der Waals surface area contributed by atoms with E-state index in [0.29, 0.717) is 12.4 Å². The van der Waals surface area contributed by atoms with Gasteiger partial charge in [-0.05, 0) is 31.9 Å². The van der Waals surface area contributed by atoms with Crippen molar-refractivity contribution in [2.75, 3.05) is 32.8 Å². The van der Waals surface area contributed by atoms with Gasteiger partial charge in [0.15, 0.2) is 11.6 Å². The van der Waals surface area contributed by atoms with Gasteiger partial charge in [-0.3, -0.25) is 14.5 Å². The molecule has 2 atom stereocenters. The minimum Gasteiger partial charge on any atom is -0.385 e. The Morgan fingerprint density at radius 2 is 1.56 bits per heavy atom. The van der Waals surface area contributed by atoms with Crippen LogP contribution < -0.4 is 5.73 Å². The fraction of sp³-hybridized carbons (Fsp3) is 0.769. The smallest absolute Gasteiger partial charge is 0.164 e. The second-order valence-electron chi connectivity index (χ2n) is 11.2. The van der Waals surface area contributed by atoms with Crippen molar-refractivity contribution in [1.82, 2.24) is 9.80 Å². The fourth-order valence-corrected chi connectivity index (χ4v) is 3.99. The fourth-order valence-electron chi connectivity index (χ4n) is 3.99. The summed E-state index contributed by atoms with van der Waals surface area (Å²) < 4.78 is 5.63. The first-order valence-electron chi connectivity index (χ1n) is 12.0. The van der Waals surface area contributed by atoms with Crippen molar-refractivity contribution in [1.29, 1.82) is 0 Å². The molecule has 0 bridgehead atoms. The molecule has 1 heterocycles. The molecule has 2 N–H and O–H groups in total. The molecule has 0 aliphatic carbocycles. The molecule has 1 fully saturated rings. The van der Waals surface area contributed by atoms with E-state index in [2.05, 4.69) is 30.6 Å². The number of Topliss-reactive ketones (excluding diaryl/α,β-unsaturated/α-hetero) is 2. The number of rotatable bonds is 10. The van der Waals surface area contributed by atoms with Crippen molar-refractivity contribution >= 4 is 11.6 Å². The summed E-state index contributed by atoms with van der Waals surface area (Å²) in [7, 11) is 0. The largest absolute Gasteiger partial charge is 0.385 e. The first-order valence-corrected chi connectivity index (χ1v) is 12.0. The number of nitrogens with two attached hydrogens (primary N) is 1. The lowest BCUT2D eigenvalue weighted by molar-refractivity contribution is -0.131. The van der Waals surface area contributed by atoms with Crippen molar-refractivity contribution in [2.45, 2.75) is 87.2 Å². The first-order chi connectivity index (χ1) is 14.7. The number of carbonyl (C=O) groups is 2. The Balaban J connectivity index is 2.72. The number of ether oxygens (including phenoxy) is 1. The molecule has 6 heteroatoms. The van der Waals surface area contributed by atoms with E-state index in [4.69, 9.17) is 10.5 Å². The lowest BCUT2D eigenvalue weighted by atomic mass is 9.84. The zero-order valence-electron chi connectivity index (χ0n) is 22.0. The highest BCUT2D eigenvalue weighted by molar-refractivity contribution is 5.99. The topological polar surface area (TPSA) is 75.9 Å². The van der Waals surface area contributed by atoms with Crippen LogP contribution in [-0.4, -0.2) is 66.3 Å². The molecule has 0 amide bonds. The third-order valence-electron chi connectivity index (χ3n) is 5.86. The van der Waals surface area contributed by atoms with Crippen LogP contribution in [0.5, 0.6) is 0 Å². The summed E-state index contributed by atoms with van der Waals surface area (Å²) in [5.74, 6) is 1.01. The van der Waals surface area contributed by atoms with Gasteiger partial charge in [0.2, 0.25) is 0 Å². The molecular weight excluding hydrogens is 402 g/mol. The zero-order chi connectivity index (χ0) is 24.7.